The zero-order valence-corrected chi connectivity index (χ0v) is 33.0. The van der Waals surface area contributed by atoms with Gasteiger partial charge in [-0.25, -0.2) is 8.37 Å². The van der Waals surface area contributed by atoms with E-state index in [1.54, 1.807) is 0 Å². The Labute approximate surface area is 299 Å². The van der Waals surface area contributed by atoms with Crippen LogP contribution in [-0.2, 0) is 39.6 Å². The van der Waals surface area contributed by atoms with Crippen LogP contribution in [-0.4, -0.2) is 56.2 Å². The summed E-state index contributed by atoms with van der Waals surface area (Å²) in [6.45, 7) is 6.59. The molecule has 45 heavy (non-hydrogen) atoms. The number of rotatable bonds is 28. The minimum atomic E-state index is -4.67. The molecule has 16 heteroatoms. The van der Waals surface area contributed by atoms with Crippen LogP contribution in [0.15, 0.2) is 0 Å². The second-order valence-corrected chi connectivity index (χ2v) is 14.3. The summed E-state index contributed by atoms with van der Waals surface area (Å²) in [6.07, 6.45) is 29.8. The Balaban J connectivity index is -0.000000402. The second-order valence-electron chi connectivity index (χ2n) is 11.2. The van der Waals surface area contributed by atoms with Gasteiger partial charge in [-0.1, -0.05) is 155 Å². The second kappa shape index (κ2) is 35.9. The van der Waals surface area contributed by atoms with Gasteiger partial charge >= 0.3 is 60.8 Å². The molecule has 0 amide bonds. The van der Waals surface area contributed by atoms with Crippen molar-refractivity contribution in [3.8, 4) is 0 Å². The first kappa shape index (κ1) is 52.4. The van der Waals surface area contributed by atoms with Gasteiger partial charge in [0.2, 0.25) is 0 Å². The molecule has 12 nitrogen and oxygen atoms in total. The van der Waals surface area contributed by atoms with Crippen molar-refractivity contribution in [1.82, 2.24) is 0 Å². The van der Waals surface area contributed by atoms with E-state index in [1.165, 1.54) is 116 Å². The molecular formula is C29H65NaO12S3. The summed E-state index contributed by atoms with van der Waals surface area (Å²) in [7, 11) is -13.2. The SMILES string of the molecule is CCCCCCCCCCCCCCCC(C)OS(=O)(=O)OCCCCCCCCCCCC.O=S(=O)(O)O.O=S(=O)(O)O.[H-].[Na+]. The van der Waals surface area contributed by atoms with Gasteiger partial charge in [0.1, 0.15) is 0 Å². The van der Waals surface area contributed by atoms with Gasteiger partial charge in [-0.15, -0.1) is 0 Å². The normalized spacial score (nSPS) is 12.3. The predicted molar refractivity (Wildman–Crippen MR) is 177 cm³/mol. The van der Waals surface area contributed by atoms with Gasteiger partial charge in [-0.05, 0) is 19.8 Å². The molecule has 272 valence electrons. The Hall–Kier alpha value is 0.610. The van der Waals surface area contributed by atoms with Crippen molar-refractivity contribution >= 4 is 31.2 Å². The zero-order chi connectivity index (χ0) is 34.2. The summed E-state index contributed by atoms with van der Waals surface area (Å²) >= 11 is 0. The fourth-order valence-corrected chi connectivity index (χ4v) is 5.35. The van der Waals surface area contributed by atoms with Gasteiger partial charge in [0.05, 0.1) is 12.7 Å². The maximum atomic E-state index is 12.0. The van der Waals surface area contributed by atoms with E-state index in [0.29, 0.717) is 0 Å². The quantitative estimate of drug-likeness (QED) is 0.0426. The van der Waals surface area contributed by atoms with E-state index in [0.717, 1.165) is 38.5 Å². The molecule has 1 atom stereocenters. The Bertz CT molecular complexity index is 876. The number of unbranched alkanes of at least 4 members (excludes halogenated alkanes) is 21. The first-order chi connectivity index (χ1) is 20.5. The molecule has 0 spiro atoms. The summed E-state index contributed by atoms with van der Waals surface area (Å²) < 4.78 is 97.4. The maximum absolute atomic E-state index is 12.0. The van der Waals surface area contributed by atoms with Crippen LogP contribution in [0.2, 0.25) is 0 Å². The topological polar surface area (TPSA) is 202 Å². The molecule has 0 fully saturated rings. The van der Waals surface area contributed by atoms with Gasteiger partial charge < -0.3 is 1.43 Å². The van der Waals surface area contributed by atoms with Crippen molar-refractivity contribution in [1.29, 1.82) is 0 Å². The summed E-state index contributed by atoms with van der Waals surface area (Å²) in [5, 5.41) is 0. The van der Waals surface area contributed by atoms with Gasteiger partial charge in [-0.2, -0.15) is 25.3 Å². The molecule has 4 N–H and O–H groups in total. The fourth-order valence-electron chi connectivity index (χ4n) is 4.48. The standard InChI is InChI=1S/C29H60O4S.Na.2H2O4S.H/c1-4-6-8-10-12-14-16-17-18-19-21-23-25-27-29(3)33-34(30,31)32-28-26-24-22-20-15-13-11-9-7-5-2;;2*1-5(2,3)4;/h29H,4-28H2,1-3H3;;2*(H2,1,2,3,4);/q;+1;;;-1. The minimum Gasteiger partial charge on any atom is -1.00 e. The van der Waals surface area contributed by atoms with Crippen molar-refractivity contribution in [2.45, 2.75) is 181 Å². The van der Waals surface area contributed by atoms with Crippen LogP contribution >= 0.6 is 0 Å². The monoisotopic (exact) mass is 724 g/mol. The number of hydrogen-bond donors (Lipinski definition) is 4. The van der Waals surface area contributed by atoms with Crippen LogP contribution in [0.1, 0.15) is 176 Å². The largest absolute Gasteiger partial charge is 1.00 e. The first-order valence-corrected chi connectivity index (χ1v) is 20.6. The fraction of sp³-hybridized carbons (Fsp3) is 1.00. The average molecular weight is 725 g/mol. The Kier molecular flexibility index (Phi) is 41.8. The van der Waals surface area contributed by atoms with Crippen molar-refractivity contribution < 1.29 is 82.8 Å². The molecule has 0 aliphatic carbocycles. The minimum absolute atomic E-state index is 0. The van der Waals surface area contributed by atoms with E-state index in [-0.39, 0.29) is 43.7 Å². The third-order valence-electron chi connectivity index (χ3n) is 6.72. The summed E-state index contributed by atoms with van der Waals surface area (Å²) in [4.78, 5) is 0. The van der Waals surface area contributed by atoms with Gasteiger partial charge in [0.15, 0.2) is 0 Å². The Morgan fingerprint density at radius 2 is 0.733 bits per heavy atom. The molecule has 0 saturated heterocycles. The molecule has 0 aromatic heterocycles. The van der Waals surface area contributed by atoms with Crippen LogP contribution in [0.5, 0.6) is 0 Å². The molecule has 0 aromatic rings. The predicted octanol–water partition coefficient (Wildman–Crippen LogP) is 5.87. The van der Waals surface area contributed by atoms with Crippen molar-refractivity contribution in [3.05, 3.63) is 0 Å². The van der Waals surface area contributed by atoms with Crippen molar-refractivity contribution in [3.63, 3.8) is 0 Å². The zero-order valence-electron chi connectivity index (χ0n) is 29.5. The third kappa shape index (κ3) is 67.6. The molecule has 0 aromatic carbocycles. The van der Waals surface area contributed by atoms with E-state index in [2.05, 4.69) is 13.8 Å². The Morgan fingerprint density at radius 3 is 1.02 bits per heavy atom. The molecule has 0 aliphatic rings. The van der Waals surface area contributed by atoms with Crippen LogP contribution in [0.4, 0.5) is 0 Å². The van der Waals surface area contributed by atoms with Gasteiger partial charge in [0.25, 0.3) is 0 Å². The molecule has 0 bridgehead atoms. The first-order valence-electron chi connectivity index (χ1n) is 16.5. The van der Waals surface area contributed by atoms with E-state index in [9.17, 15) is 8.42 Å². The van der Waals surface area contributed by atoms with E-state index >= 15 is 0 Å². The number of hydrogen-bond acceptors (Lipinski definition) is 8. The average Bonchev–Trinajstić information content (AvgIpc) is 2.87. The summed E-state index contributed by atoms with van der Waals surface area (Å²) in [5.74, 6) is 0. The van der Waals surface area contributed by atoms with E-state index in [1.807, 2.05) is 6.92 Å². The third-order valence-corrected chi connectivity index (χ3v) is 7.74. The molecular weight excluding hydrogens is 659 g/mol. The van der Waals surface area contributed by atoms with Gasteiger partial charge in [-0.3, -0.25) is 18.2 Å². The molecule has 0 aliphatic heterocycles. The molecule has 0 radical (unpaired) electrons. The van der Waals surface area contributed by atoms with E-state index in [4.69, 9.17) is 43.4 Å². The molecule has 0 rings (SSSR count). The van der Waals surface area contributed by atoms with Crippen LogP contribution < -0.4 is 29.6 Å². The molecule has 0 saturated carbocycles. The van der Waals surface area contributed by atoms with Crippen LogP contribution in [0, 0.1) is 0 Å². The summed E-state index contributed by atoms with van der Waals surface area (Å²) in [5.41, 5.74) is 0. The Morgan fingerprint density at radius 1 is 0.489 bits per heavy atom. The smallest absolute Gasteiger partial charge is 1.00 e. The van der Waals surface area contributed by atoms with Crippen molar-refractivity contribution in [2.24, 2.45) is 0 Å². The summed E-state index contributed by atoms with van der Waals surface area (Å²) in [6, 6.07) is 0. The molecule has 0 heterocycles. The maximum Gasteiger partial charge on any atom is 1.00 e. The van der Waals surface area contributed by atoms with E-state index < -0.39 is 31.2 Å². The molecule has 1 unspecified atom stereocenters. The van der Waals surface area contributed by atoms with Crippen molar-refractivity contribution in [2.75, 3.05) is 6.61 Å². The van der Waals surface area contributed by atoms with Crippen LogP contribution in [0.3, 0.4) is 0 Å². The van der Waals surface area contributed by atoms with Crippen LogP contribution in [0.25, 0.3) is 0 Å². The van der Waals surface area contributed by atoms with Gasteiger partial charge in [0, 0.05) is 0 Å².